The predicted octanol–water partition coefficient (Wildman–Crippen LogP) is 3.54. The van der Waals surface area contributed by atoms with Crippen LogP contribution in [0.5, 0.6) is 0 Å². The molecule has 0 radical (unpaired) electrons. The van der Waals surface area contributed by atoms with E-state index in [4.69, 9.17) is 22.1 Å². The van der Waals surface area contributed by atoms with E-state index in [2.05, 4.69) is 10.4 Å². The third-order valence-corrected chi connectivity index (χ3v) is 4.03. The molecule has 8 heteroatoms. The van der Waals surface area contributed by atoms with Crippen molar-refractivity contribution >= 4 is 35.0 Å². The van der Waals surface area contributed by atoms with Gasteiger partial charge in [0.1, 0.15) is 11.4 Å². The Morgan fingerprint density at radius 1 is 1.15 bits per heavy atom. The largest absolute Gasteiger partial charge is 0.462 e. The molecule has 3 aromatic rings. The molecule has 0 aliphatic rings. The highest BCUT2D eigenvalue weighted by molar-refractivity contribution is 6.30. The fourth-order valence-electron chi connectivity index (χ4n) is 2.42. The molecule has 27 heavy (non-hydrogen) atoms. The summed E-state index contributed by atoms with van der Waals surface area (Å²) in [5.74, 6) is -0.614. The van der Waals surface area contributed by atoms with Crippen LogP contribution in [0.4, 0.5) is 11.5 Å². The van der Waals surface area contributed by atoms with Crippen molar-refractivity contribution in [3.8, 4) is 5.69 Å². The lowest BCUT2D eigenvalue weighted by Crippen LogP contribution is -2.12. The van der Waals surface area contributed by atoms with E-state index in [0.717, 1.165) is 0 Å². The van der Waals surface area contributed by atoms with Gasteiger partial charge >= 0.3 is 5.97 Å². The summed E-state index contributed by atoms with van der Waals surface area (Å²) in [6, 6.07) is 13.5. The van der Waals surface area contributed by atoms with Crippen molar-refractivity contribution in [2.24, 2.45) is 0 Å². The topological polar surface area (TPSA) is 99.2 Å². The first kappa shape index (κ1) is 18.5. The number of hydrogen-bond donors (Lipinski definition) is 2. The number of halogens is 1. The lowest BCUT2D eigenvalue weighted by molar-refractivity contribution is 0.0527. The van der Waals surface area contributed by atoms with Crippen LogP contribution in [0.3, 0.4) is 0 Å². The molecule has 0 aliphatic heterocycles. The number of nitrogen functional groups attached to an aromatic ring is 1. The van der Waals surface area contributed by atoms with Gasteiger partial charge in [-0.25, -0.2) is 9.48 Å². The van der Waals surface area contributed by atoms with E-state index >= 15 is 0 Å². The summed E-state index contributed by atoms with van der Waals surface area (Å²) in [6.07, 6.45) is 1.36. The van der Waals surface area contributed by atoms with Gasteiger partial charge in [0.05, 0.1) is 18.5 Å². The first-order valence-electron chi connectivity index (χ1n) is 8.17. The quantitative estimate of drug-likeness (QED) is 0.655. The first-order valence-corrected chi connectivity index (χ1v) is 8.55. The summed E-state index contributed by atoms with van der Waals surface area (Å²) < 4.78 is 6.35. The number of benzene rings is 2. The smallest absolute Gasteiger partial charge is 0.343 e. The summed E-state index contributed by atoms with van der Waals surface area (Å²) in [4.78, 5) is 24.2. The average Bonchev–Trinajstić information content (AvgIpc) is 3.05. The van der Waals surface area contributed by atoms with Crippen molar-refractivity contribution in [2.45, 2.75) is 6.92 Å². The van der Waals surface area contributed by atoms with Crippen molar-refractivity contribution in [2.75, 3.05) is 17.7 Å². The number of nitrogens with zero attached hydrogens (tertiary/aromatic N) is 2. The molecule has 0 spiro atoms. The number of carbonyl (C=O) groups is 2. The van der Waals surface area contributed by atoms with Crippen LogP contribution in [0, 0.1) is 0 Å². The molecule has 3 N–H and O–H groups in total. The van der Waals surface area contributed by atoms with Crippen LogP contribution in [0.25, 0.3) is 5.69 Å². The standard InChI is InChI=1S/C19H17ClN4O3/c1-2-27-19(26)16-11-22-24(17(16)21)15-9-3-12(4-10-15)18(25)23-14-7-5-13(20)6-8-14/h3-11H,2,21H2,1H3,(H,23,25). The number of nitrogens with one attached hydrogen (secondary N) is 1. The summed E-state index contributed by atoms with van der Waals surface area (Å²) in [5.41, 5.74) is 7.91. The summed E-state index contributed by atoms with van der Waals surface area (Å²) >= 11 is 5.83. The Kier molecular flexibility index (Phi) is 5.42. The van der Waals surface area contributed by atoms with Crippen molar-refractivity contribution in [1.29, 1.82) is 0 Å². The van der Waals surface area contributed by atoms with Gasteiger partial charge in [-0.3, -0.25) is 4.79 Å². The highest BCUT2D eigenvalue weighted by Gasteiger charge is 2.17. The molecule has 0 fully saturated rings. The molecule has 0 aliphatic carbocycles. The summed E-state index contributed by atoms with van der Waals surface area (Å²) in [7, 11) is 0. The number of anilines is 2. The molecule has 7 nitrogen and oxygen atoms in total. The molecular weight excluding hydrogens is 368 g/mol. The van der Waals surface area contributed by atoms with Crippen LogP contribution in [0.2, 0.25) is 5.02 Å². The highest BCUT2D eigenvalue weighted by atomic mass is 35.5. The zero-order valence-electron chi connectivity index (χ0n) is 14.5. The van der Waals surface area contributed by atoms with Gasteiger partial charge in [-0.15, -0.1) is 0 Å². The number of ether oxygens (including phenoxy) is 1. The fourth-order valence-corrected chi connectivity index (χ4v) is 2.55. The Bertz CT molecular complexity index is 966. The highest BCUT2D eigenvalue weighted by Crippen LogP contribution is 2.19. The Morgan fingerprint density at radius 3 is 2.44 bits per heavy atom. The number of aromatic nitrogens is 2. The van der Waals surface area contributed by atoms with E-state index in [9.17, 15) is 9.59 Å². The fraction of sp³-hybridized carbons (Fsp3) is 0.105. The molecule has 2 aromatic carbocycles. The molecule has 3 rings (SSSR count). The van der Waals surface area contributed by atoms with Crippen LogP contribution in [-0.2, 0) is 4.74 Å². The molecule has 1 aromatic heterocycles. The van der Waals surface area contributed by atoms with E-state index < -0.39 is 5.97 Å². The van der Waals surface area contributed by atoms with E-state index in [0.29, 0.717) is 22.0 Å². The van der Waals surface area contributed by atoms with Crippen LogP contribution in [-0.4, -0.2) is 28.3 Å². The van der Waals surface area contributed by atoms with E-state index in [1.54, 1.807) is 55.5 Å². The van der Waals surface area contributed by atoms with Crippen LogP contribution in [0.15, 0.2) is 54.7 Å². The van der Waals surface area contributed by atoms with Crippen molar-refractivity contribution in [3.63, 3.8) is 0 Å². The van der Waals surface area contributed by atoms with Crippen molar-refractivity contribution < 1.29 is 14.3 Å². The number of nitrogens with two attached hydrogens (primary N) is 1. The average molecular weight is 385 g/mol. The van der Waals surface area contributed by atoms with E-state index in [-0.39, 0.29) is 23.9 Å². The molecule has 138 valence electrons. The molecule has 0 atom stereocenters. The summed E-state index contributed by atoms with van der Waals surface area (Å²) in [6.45, 7) is 1.97. The molecular formula is C19H17ClN4O3. The maximum absolute atomic E-state index is 12.3. The lowest BCUT2D eigenvalue weighted by atomic mass is 10.2. The Balaban J connectivity index is 1.76. The monoisotopic (exact) mass is 384 g/mol. The Hall–Kier alpha value is -3.32. The van der Waals surface area contributed by atoms with Gasteiger partial charge in [0.15, 0.2) is 0 Å². The molecule has 0 unspecified atom stereocenters. The lowest BCUT2D eigenvalue weighted by Gasteiger charge is -2.08. The second-order valence-electron chi connectivity index (χ2n) is 5.58. The Labute approximate surface area is 160 Å². The van der Waals surface area contributed by atoms with Gasteiger partial charge in [-0.1, -0.05) is 11.6 Å². The van der Waals surface area contributed by atoms with Gasteiger partial charge < -0.3 is 15.8 Å². The predicted molar refractivity (Wildman–Crippen MR) is 103 cm³/mol. The minimum absolute atomic E-state index is 0.173. The number of carbonyl (C=O) groups excluding carboxylic acids is 2. The number of hydrogen-bond acceptors (Lipinski definition) is 5. The van der Waals surface area contributed by atoms with Gasteiger partial charge in [0.2, 0.25) is 0 Å². The molecule has 1 amide bonds. The SMILES string of the molecule is CCOC(=O)c1cnn(-c2ccc(C(=O)Nc3ccc(Cl)cc3)cc2)c1N. The Morgan fingerprint density at radius 2 is 1.81 bits per heavy atom. The normalized spacial score (nSPS) is 10.4. The molecule has 1 heterocycles. The molecule has 0 bridgehead atoms. The zero-order valence-corrected chi connectivity index (χ0v) is 15.2. The second kappa shape index (κ2) is 7.92. The first-order chi connectivity index (χ1) is 13.0. The van der Waals surface area contributed by atoms with Crippen molar-refractivity contribution in [3.05, 3.63) is 70.9 Å². The second-order valence-corrected chi connectivity index (χ2v) is 6.02. The van der Waals surface area contributed by atoms with Gasteiger partial charge in [-0.05, 0) is 55.5 Å². The maximum Gasteiger partial charge on any atom is 0.343 e. The van der Waals surface area contributed by atoms with Gasteiger partial charge in [0, 0.05) is 16.3 Å². The van der Waals surface area contributed by atoms with Crippen molar-refractivity contribution in [1.82, 2.24) is 9.78 Å². The zero-order chi connectivity index (χ0) is 19.4. The van der Waals surface area contributed by atoms with Crippen LogP contribution >= 0.6 is 11.6 Å². The maximum atomic E-state index is 12.3. The summed E-state index contributed by atoms with van der Waals surface area (Å²) in [5, 5.41) is 7.49. The minimum atomic E-state index is -0.528. The van der Waals surface area contributed by atoms with E-state index in [1.165, 1.54) is 10.9 Å². The van der Waals surface area contributed by atoms with Crippen LogP contribution in [0.1, 0.15) is 27.6 Å². The minimum Gasteiger partial charge on any atom is -0.462 e. The van der Waals surface area contributed by atoms with Gasteiger partial charge in [-0.2, -0.15) is 5.10 Å². The third-order valence-electron chi connectivity index (χ3n) is 3.78. The number of amides is 1. The third kappa shape index (κ3) is 4.09. The van der Waals surface area contributed by atoms with Crippen LogP contribution < -0.4 is 11.1 Å². The molecule has 0 saturated carbocycles. The van der Waals surface area contributed by atoms with E-state index in [1.807, 2.05) is 0 Å². The number of rotatable bonds is 5. The molecule has 0 saturated heterocycles. The number of esters is 1. The van der Waals surface area contributed by atoms with Gasteiger partial charge in [0.25, 0.3) is 5.91 Å².